The first-order valence-electron chi connectivity index (χ1n) is 6.24. The van der Waals surface area contributed by atoms with Gasteiger partial charge in [-0.15, -0.1) is 0 Å². The van der Waals surface area contributed by atoms with Crippen LogP contribution in [0.5, 0.6) is 0 Å². The van der Waals surface area contributed by atoms with E-state index in [2.05, 4.69) is 5.32 Å². The van der Waals surface area contributed by atoms with Crippen LogP contribution in [0.25, 0.3) is 0 Å². The smallest absolute Gasteiger partial charge is 0.320 e. The van der Waals surface area contributed by atoms with Gasteiger partial charge in [0.15, 0.2) is 0 Å². The van der Waals surface area contributed by atoms with Crippen molar-refractivity contribution in [1.82, 2.24) is 10.2 Å². The van der Waals surface area contributed by atoms with E-state index >= 15 is 0 Å². The number of amides is 1. The highest BCUT2D eigenvalue weighted by Crippen LogP contribution is 2.00. The van der Waals surface area contributed by atoms with Crippen molar-refractivity contribution in [2.45, 2.75) is 40.2 Å². The first kappa shape index (κ1) is 15.9. The molecule has 1 unspecified atom stereocenters. The van der Waals surface area contributed by atoms with Gasteiger partial charge in [0.1, 0.15) is 0 Å². The minimum absolute atomic E-state index is 0.0435. The molecule has 0 heterocycles. The van der Waals surface area contributed by atoms with Crippen molar-refractivity contribution >= 4 is 11.9 Å². The van der Waals surface area contributed by atoms with Crippen molar-refractivity contribution in [2.75, 3.05) is 26.2 Å². The second kappa shape index (κ2) is 8.98. The lowest BCUT2D eigenvalue weighted by molar-refractivity contribution is -0.145. The van der Waals surface area contributed by atoms with Crippen molar-refractivity contribution in [3.8, 4) is 0 Å². The molecule has 17 heavy (non-hydrogen) atoms. The lowest BCUT2D eigenvalue weighted by atomic mass is 10.2. The van der Waals surface area contributed by atoms with Gasteiger partial charge in [-0.1, -0.05) is 13.8 Å². The number of ether oxygens (including phenoxy) is 1. The van der Waals surface area contributed by atoms with Gasteiger partial charge in [-0.25, -0.2) is 0 Å². The number of hydrogen-bond donors (Lipinski definition) is 1. The average Bonchev–Trinajstić information content (AvgIpc) is 2.32. The third kappa shape index (κ3) is 6.26. The Morgan fingerprint density at radius 1 is 1.29 bits per heavy atom. The number of rotatable bonds is 8. The largest absolute Gasteiger partial charge is 0.465 e. The lowest BCUT2D eigenvalue weighted by Gasteiger charge is -2.25. The van der Waals surface area contributed by atoms with E-state index in [-0.39, 0.29) is 24.5 Å². The summed E-state index contributed by atoms with van der Waals surface area (Å²) in [5, 5.41) is 2.82. The zero-order valence-corrected chi connectivity index (χ0v) is 11.3. The van der Waals surface area contributed by atoms with E-state index in [4.69, 9.17) is 4.74 Å². The Kier molecular flexibility index (Phi) is 8.40. The molecule has 0 radical (unpaired) electrons. The second-order valence-electron chi connectivity index (χ2n) is 3.84. The zero-order chi connectivity index (χ0) is 13.3. The van der Waals surface area contributed by atoms with Crippen LogP contribution >= 0.6 is 0 Å². The molecule has 5 heteroatoms. The highest BCUT2D eigenvalue weighted by atomic mass is 16.5. The summed E-state index contributed by atoms with van der Waals surface area (Å²) in [6.45, 7) is 9.32. The predicted molar refractivity (Wildman–Crippen MR) is 66.6 cm³/mol. The van der Waals surface area contributed by atoms with Gasteiger partial charge in [-0.2, -0.15) is 0 Å². The number of carbonyl (C=O) groups excluding carboxylic acids is 2. The molecule has 0 aliphatic carbocycles. The quantitative estimate of drug-likeness (QED) is 0.641. The fraction of sp³-hybridized carbons (Fsp3) is 0.833. The fourth-order valence-electron chi connectivity index (χ4n) is 1.46. The van der Waals surface area contributed by atoms with E-state index in [1.54, 1.807) is 18.7 Å². The highest BCUT2D eigenvalue weighted by Gasteiger charge is 2.21. The zero-order valence-electron chi connectivity index (χ0n) is 11.3. The lowest BCUT2D eigenvalue weighted by Crippen LogP contribution is -2.47. The Morgan fingerprint density at radius 3 is 2.41 bits per heavy atom. The number of carbonyl (C=O) groups is 2. The summed E-state index contributed by atoms with van der Waals surface area (Å²) in [5.74, 6) is -0.331. The van der Waals surface area contributed by atoms with E-state index in [0.717, 1.165) is 6.42 Å². The maximum Gasteiger partial charge on any atom is 0.320 e. The van der Waals surface area contributed by atoms with Crippen molar-refractivity contribution in [1.29, 1.82) is 0 Å². The SMILES string of the molecule is CCCNC(=O)C(C)N(CC)CC(=O)OCC. The Morgan fingerprint density at radius 2 is 1.94 bits per heavy atom. The summed E-state index contributed by atoms with van der Waals surface area (Å²) < 4.78 is 4.87. The third-order valence-corrected chi connectivity index (χ3v) is 2.52. The van der Waals surface area contributed by atoms with Crippen molar-refractivity contribution in [3.63, 3.8) is 0 Å². The van der Waals surface area contributed by atoms with Crippen LogP contribution in [0.2, 0.25) is 0 Å². The molecule has 100 valence electrons. The van der Waals surface area contributed by atoms with Gasteiger partial charge in [-0.3, -0.25) is 14.5 Å². The molecular formula is C12H24N2O3. The molecule has 0 aromatic rings. The van der Waals surface area contributed by atoms with Crippen LogP contribution in [0, 0.1) is 0 Å². The fourth-order valence-corrected chi connectivity index (χ4v) is 1.46. The Bertz CT molecular complexity index is 244. The van der Waals surface area contributed by atoms with Crippen molar-refractivity contribution in [3.05, 3.63) is 0 Å². The molecule has 0 aliphatic rings. The van der Waals surface area contributed by atoms with Crippen LogP contribution < -0.4 is 5.32 Å². The Hall–Kier alpha value is -1.10. The van der Waals surface area contributed by atoms with Gasteiger partial charge >= 0.3 is 5.97 Å². The normalized spacial score (nSPS) is 12.3. The van der Waals surface area contributed by atoms with Crippen LogP contribution in [0.15, 0.2) is 0 Å². The molecule has 0 fully saturated rings. The minimum Gasteiger partial charge on any atom is -0.465 e. The van der Waals surface area contributed by atoms with E-state index in [1.165, 1.54) is 0 Å². The molecule has 0 rings (SSSR count). The van der Waals surface area contributed by atoms with Gasteiger partial charge in [-0.05, 0) is 26.8 Å². The molecule has 0 spiro atoms. The molecule has 0 saturated carbocycles. The molecule has 0 aromatic carbocycles. The summed E-state index contributed by atoms with van der Waals surface area (Å²) in [7, 11) is 0. The molecule has 1 amide bonds. The van der Waals surface area contributed by atoms with Gasteiger partial charge < -0.3 is 10.1 Å². The predicted octanol–water partition coefficient (Wildman–Crippen LogP) is 0.786. The second-order valence-corrected chi connectivity index (χ2v) is 3.84. The standard InChI is InChI=1S/C12H24N2O3/c1-5-8-13-12(16)10(4)14(6-2)9-11(15)17-7-3/h10H,5-9H2,1-4H3,(H,13,16). The van der Waals surface area contributed by atoms with Gasteiger partial charge in [0, 0.05) is 6.54 Å². The van der Waals surface area contributed by atoms with Crippen LogP contribution in [0.3, 0.4) is 0 Å². The maximum absolute atomic E-state index is 11.7. The van der Waals surface area contributed by atoms with E-state index in [9.17, 15) is 9.59 Å². The summed E-state index contributed by atoms with van der Waals surface area (Å²) in [5.41, 5.74) is 0. The molecule has 0 bridgehead atoms. The first-order valence-corrected chi connectivity index (χ1v) is 6.24. The van der Waals surface area contributed by atoms with E-state index in [0.29, 0.717) is 19.7 Å². The van der Waals surface area contributed by atoms with E-state index < -0.39 is 0 Å². The van der Waals surface area contributed by atoms with E-state index in [1.807, 2.05) is 13.8 Å². The van der Waals surface area contributed by atoms with Gasteiger partial charge in [0.05, 0.1) is 19.2 Å². The first-order chi connectivity index (χ1) is 8.06. The van der Waals surface area contributed by atoms with Crippen molar-refractivity contribution in [2.24, 2.45) is 0 Å². The van der Waals surface area contributed by atoms with Crippen molar-refractivity contribution < 1.29 is 14.3 Å². The number of likely N-dealkylation sites (N-methyl/N-ethyl adjacent to an activating group) is 1. The molecule has 5 nitrogen and oxygen atoms in total. The number of esters is 1. The number of nitrogens with one attached hydrogen (secondary N) is 1. The summed E-state index contributed by atoms with van der Waals surface area (Å²) in [6, 6.07) is -0.309. The highest BCUT2D eigenvalue weighted by molar-refractivity contribution is 5.82. The molecular weight excluding hydrogens is 220 g/mol. The molecule has 0 aromatic heterocycles. The van der Waals surface area contributed by atoms with Crippen LogP contribution in [0.4, 0.5) is 0 Å². The summed E-state index contributed by atoms with van der Waals surface area (Å²) in [6.07, 6.45) is 0.905. The molecule has 0 aliphatic heterocycles. The van der Waals surface area contributed by atoms with Crippen LogP contribution in [-0.4, -0.2) is 49.1 Å². The molecule has 0 saturated heterocycles. The molecule has 1 N–H and O–H groups in total. The molecule has 1 atom stereocenters. The Balaban J connectivity index is 4.23. The van der Waals surface area contributed by atoms with Crippen LogP contribution in [-0.2, 0) is 14.3 Å². The monoisotopic (exact) mass is 244 g/mol. The van der Waals surface area contributed by atoms with Crippen LogP contribution in [0.1, 0.15) is 34.1 Å². The number of hydrogen-bond acceptors (Lipinski definition) is 4. The topological polar surface area (TPSA) is 58.6 Å². The Labute approximate surface area is 103 Å². The average molecular weight is 244 g/mol. The summed E-state index contributed by atoms with van der Waals surface area (Å²) >= 11 is 0. The van der Waals surface area contributed by atoms with Gasteiger partial charge in [0.25, 0.3) is 0 Å². The number of nitrogens with zero attached hydrogens (tertiary/aromatic N) is 1. The maximum atomic E-state index is 11.7. The third-order valence-electron chi connectivity index (χ3n) is 2.52. The summed E-state index contributed by atoms with van der Waals surface area (Å²) in [4.78, 5) is 24.9. The minimum atomic E-state index is -0.309. The van der Waals surface area contributed by atoms with Gasteiger partial charge in [0.2, 0.25) is 5.91 Å².